The van der Waals surface area contributed by atoms with Gasteiger partial charge in [0, 0.05) is 23.2 Å². The van der Waals surface area contributed by atoms with Crippen molar-refractivity contribution in [1.29, 1.82) is 0 Å². The molecule has 3 atom stereocenters. The molecule has 4 rings (SSSR count). The minimum Gasteiger partial charge on any atom is -0.399 e. The molecule has 0 saturated heterocycles. The maximum atomic E-state index is 6.00. The molecule has 0 radical (unpaired) electrons. The van der Waals surface area contributed by atoms with Gasteiger partial charge in [0.1, 0.15) is 0 Å². The molecular weight excluding hydrogens is 520 g/mol. The zero-order chi connectivity index (χ0) is 30.4. The number of benzene rings is 4. The van der Waals surface area contributed by atoms with Gasteiger partial charge < -0.3 is 11.5 Å². The van der Waals surface area contributed by atoms with Gasteiger partial charge in [0.25, 0.3) is 0 Å². The van der Waals surface area contributed by atoms with E-state index < -0.39 is 0 Å². The zero-order valence-corrected chi connectivity index (χ0v) is 26.9. The van der Waals surface area contributed by atoms with Gasteiger partial charge in [-0.05, 0) is 89.2 Å². The van der Waals surface area contributed by atoms with Gasteiger partial charge in [0.15, 0.2) is 0 Å². The molecule has 2 nitrogen and oxygen atoms in total. The second kappa shape index (κ2) is 16.9. The van der Waals surface area contributed by atoms with Crippen LogP contribution in [0.25, 0.3) is 0 Å². The van der Waals surface area contributed by atoms with E-state index in [1.165, 1.54) is 97.6 Å². The molecule has 4 aromatic carbocycles. The molecule has 0 fully saturated rings. The second-order valence-electron chi connectivity index (χ2n) is 12.5. The Morgan fingerprint density at radius 2 is 0.791 bits per heavy atom. The summed E-state index contributed by atoms with van der Waals surface area (Å²) in [6.45, 7) is 6.85. The fraction of sp³-hybridized carbons (Fsp3) is 0.415. The largest absolute Gasteiger partial charge is 0.399 e. The molecule has 2 heteroatoms. The molecule has 0 aliphatic rings. The van der Waals surface area contributed by atoms with Crippen molar-refractivity contribution in [3.63, 3.8) is 0 Å². The molecule has 3 unspecified atom stereocenters. The summed E-state index contributed by atoms with van der Waals surface area (Å²) in [5, 5.41) is 0. The Morgan fingerprint density at radius 1 is 0.419 bits per heavy atom. The van der Waals surface area contributed by atoms with Crippen LogP contribution in [-0.2, 0) is 6.42 Å². The molecule has 228 valence electrons. The lowest BCUT2D eigenvalue weighted by atomic mass is 9.83. The number of hydrogen-bond donors (Lipinski definition) is 2. The highest BCUT2D eigenvalue weighted by molar-refractivity contribution is 5.44. The third-order valence-electron chi connectivity index (χ3n) is 9.20. The minimum absolute atomic E-state index is 0.419. The monoisotopic (exact) mass is 574 g/mol. The summed E-state index contributed by atoms with van der Waals surface area (Å²) in [5.74, 6) is 1.37. The zero-order valence-electron chi connectivity index (χ0n) is 26.9. The predicted octanol–water partition coefficient (Wildman–Crippen LogP) is 11.4. The van der Waals surface area contributed by atoms with Crippen molar-refractivity contribution in [2.45, 2.75) is 109 Å². The molecule has 43 heavy (non-hydrogen) atoms. The fourth-order valence-corrected chi connectivity index (χ4v) is 6.52. The Balaban J connectivity index is 1.53. The molecule has 4 aromatic rings. The SMILES string of the molecule is CCCCCC(Cc1ccc(C(CCCC)c2ccc(N)cc2)cc1)c1ccc(C(CCCC)c2ccc(N)cc2)cc1. The van der Waals surface area contributed by atoms with E-state index in [0.717, 1.165) is 17.8 Å². The first-order valence-electron chi connectivity index (χ1n) is 16.9. The van der Waals surface area contributed by atoms with Crippen LogP contribution < -0.4 is 11.5 Å². The van der Waals surface area contributed by atoms with Gasteiger partial charge >= 0.3 is 0 Å². The van der Waals surface area contributed by atoms with E-state index in [1.807, 2.05) is 24.3 Å². The van der Waals surface area contributed by atoms with Crippen LogP contribution in [0.2, 0.25) is 0 Å². The van der Waals surface area contributed by atoms with Crippen molar-refractivity contribution in [2.24, 2.45) is 0 Å². The van der Waals surface area contributed by atoms with Crippen LogP contribution in [0.15, 0.2) is 97.1 Å². The third-order valence-corrected chi connectivity index (χ3v) is 9.20. The summed E-state index contributed by atoms with van der Waals surface area (Å²) in [6, 6.07) is 36.1. The van der Waals surface area contributed by atoms with Gasteiger partial charge in [-0.1, -0.05) is 139 Å². The number of nitrogens with two attached hydrogens (primary N) is 2. The van der Waals surface area contributed by atoms with E-state index in [1.54, 1.807) is 0 Å². The quantitative estimate of drug-likeness (QED) is 0.0973. The van der Waals surface area contributed by atoms with Crippen molar-refractivity contribution in [3.05, 3.63) is 130 Å². The van der Waals surface area contributed by atoms with Crippen LogP contribution in [0.5, 0.6) is 0 Å². The molecule has 0 spiro atoms. The molecular formula is C41H54N2. The maximum absolute atomic E-state index is 6.00. The number of hydrogen-bond acceptors (Lipinski definition) is 2. The number of rotatable bonds is 17. The van der Waals surface area contributed by atoms with Crippen molar-refractivity contribution in [2.75, 3.05) is 11.5 Å². The van der Waals surface area contributed by atoms with Gasteiger partial charge in [-0.2, -0.15) is 0 Å². The van der Waals surface area contributed by atoms with Gasteiger partial charge in [0.05, 0.1) is 0 Å². The second-order valence-corrected chi connectivity index (χ2v) is 12.5. The highest BCUT2D eigenvalue weighted by atomic mass is 14.5. The number of nitrogen functional groups attached to an aromatic ring is 2. The number of unbranched alkanes of at least 4 members (excludes halogenated alkanes) is 4. The summed E-state index contributed by atoms with van der Waals surface area (Å²) in [4.78, 5) is 0. The molecule has 0 bridgehead atoms. The van der Waals surface area contributed by atoms with Crippen LogP contribution in [0.4, 0.5) is 11.4 Å². The summed E-state index contributed by atoms with van der Waals surface area (Å²) < 4.78 is 0. The number of anilines is 2. The molecule has 0 saturated carbocycles. The Kier molecular flexibility index (Phi) is 12.8. The smallest absolute Gasteiger partial charge is 0.0314 e. The van der Waals surface area contributed by atoms with Crippen molar-refractivity contribution in [1.82, 2.24) is 0 Å². The van der Waals surface area contributed by atoms with Gasteiger partial charge in [0.2, 0.25) is 0 Å². The minimum atomic E-state index is 0.419. The van der Waals surface area contributed by atoms with Gasteiger partial charge in [-0.25, -0.2) is 0 Å². The highest BCUT2D eigenvalue weighted by Gasteiger charge is 2.18. The molecule has 4 N–H and O–H groups in total. The average Bonchev–Trinajstić information content (AvgIpc) is 3.03. The first-order valence-corrected chi connectivity index (χ1v) is 16.9. The first-order chi connectivity index (χ1) is 21.0. The molecule has 0 aliphatic carbocycles. The van der Waals surface area contributed by atoms with Gasteiger partial charge in [-0.15, -0.1) is 0 Å². The fourth-order valence-electron chi connectivity index (χ4n) is 6.52. The topological polar surface area (TPSA) is 52.0 Å². The molecule has 0 heterocycles. The third kappa shape index (κ3) is 9.48. The van der Waals surface area contributed by atoms with Crippen molar-refractivity contribution in [3.8, 4) is 0 Å². The lowest BCUT2D eigenvalue weighted by Gasteiger charge is -2.22. The Morgan fingerprint density at radius 3 is 1.21 bits per heavy atom. The van der Waals surface area contributed by atoms with Crippen LogP contribution in [-0.4, -0.2) is 0 Å². The lowest BCUT2D eigenvalue weighted by Crippen LogP contribution is -2.06. The lowest BCUT2D eigenvalue weighted by molar-refractivity contribution is 0.562. The Bertz CT molecular complexity index is 1320. The van der Waals surface area contributed by atoms with E-state index in [-0.39, 0.29) is 0 Å². The maximum Gasteiger partial charge on any atom is 0.0314 e. The van der Waals surface area contributed by atoms with Gasteiger partial charge in [-0.3, -0.25) is 0 Å². The van der Waals surface area contributed by atoms with Crippen LogP contribution >= 0.6 is 0 Å². The molecule has 0 aromatic heterocycles. The van der Waals surface area contributed by atoms with E-state index in [4.69, 9.17) is 11.5 Å². The Labute approximate surface area is 261 Å². The van der Waals surface area contributed by atoms with Crippen molar-refractivity contribution >= 4 is 11.4 Å². The summed E-state index contributed by atoms with van der Waals surface area (Å²) in [6.07, 6.45) is 13.4. The summed E-state index contributed by atoms with van der Waals surface area (Å²) in [7, 11) is 0. The van der Waals surface area contributed by atoms with E-state index in [2.05, 4.69) is 93.6 Å². The predicted molar refractivity (Wildman–Crippen MR) is 188 cm³/mol. The summed E-state index contributed by atoms with van der Waals surface area (Å²) in [5.41, 5.74) is 22.1. The average molecular weight is 575 g/mol. The summed E-state index contributed by atoms with van der Waals surface area (Å²) >= 11 is 0. The van der Waals surface area contributed by atoms with Crippen molar-refractivity contribution < 1.29 is 0 Å². The Hall–Kier alpha value is -3.52. The van der Waals surface area contributed by atoms with Crippen LogP contribution in [0.1, 0.15) is 136 Å². The molecule has 0 aliphatic heterocycles. The van der Waals surface area contributed by atoms with E-state index in [9.17, 15) is 0 Å². The van der Waals surface area contributed by atoms with E-state index >= 15 is 0 Å². The highest BCUT2D eigenvalue weighted by Crippen LogP contribution is 2.35. The first kappa shape index (κ1) is 32.4. The standard InChI is InChI=1S/C41H54N2/c1-4-7-10-11-37(32-18-20-34(21-19-32)41(13-9-6-3)36-24-28-39(43)29-25-36)30-31-14-16-33(17-15-31)40(12-8-5-2)35-22-26-38(42)27-23-35/h14-29,37,40-41H,4-13,30,42-43H2,1-3H3. The normalized spacial score (nSPS) is 13.5. The molecule has 0 amide bonds. The van der Waals surface area contributed by atoms with Crippen LogP contribution in [0, 0.1) is 0 Å². The van der Waals surface area contributed by atoms with E-state index in [0.29, 0.717) is 17.8 Å². The van der Waals surface area contributed by atoms with Crippen LogP contribution in [0.3, 0.4) is 0 Å².